The van der Waals surface area contributed by atoms with Crippen molar-refractivity contribution in [3.05, 3.63) is 83.1 Å². The molecule has 2 aliphatic heterocycles. The maximum atomic E-state index is 12.5. The highest BCUT2D eigenvalue weighted by molar-refractivity contribution is 5.92. The number of hydrogen-bond donors (Lipinski definition) is 0. The maximum Gasteiger partial charge on any atom is 0.275 e. The highest BCUT2D eigenvalue weighted by atomic mass is 16.5. The van der Waals surface area contributed by atoms with Gasteiger partial charge < -0.3 is 19.0 Å². The molecule has 2 aliphatic rings. The molecule has 1 saturated heterocycles. The topological polar surface area (TPSA) is 75.9 Å². The molecule has 3 heterocycles. The van der Waals surface area contributed by atoms with E-state index in [9.17, 15) is 9.59 Å². The van der Waals surface area contributed by atoms with E-state index in [1.54, 1.807) is 11.8 Å². The lowest BCUT2D eigenvalue weighted by molar-refractivity contribution is -0.130. The van der Waals surface area contributed by atoms with E-state index >= 15 is 0 Å². The molecular formula is C26H27N3O4. The zero-order valence-electron chi connectivity index (χ0n) is 18.7. The molecule has 1 aromatic heterocycles. The van der Waals surface area contributed by atoms with Crippen LogP contribution >= 0.6 is 0 Å². The quantitative estimate of drug-likeness (QED) is 0.594. The highest BCUT2D eigenvalue weighted by Gasteiger charge is 2.31. The van der Waals surface area contributed by atoms with Gasteiger partial charge in [-0.25, -0.2) is 4.98 Å². The van der Waals surface area contributed by atoms with Gasteiger partial charge in [-0.2, -0.15) is 0 Å². The van der Waals surface area contributed by atoms with Crippen LogP contribution in [0.15, 0.2) is 59.2 Å². The van der Waals surface area contributed by atoms with E-state index in [1.165, 1.54) is 11.8 Å². The summed E-state index contributed by atoms with van der Waals surface area (Å²) in [7, 11) is 0. The van der Waals surface area contributed by atoms with Crippen LogP contribution in [0.2, 0.25) is 0 Å². The number of fused-ring (bicyclic) bond motifs is 1. The molecule has 2 amide bonds. The Morgan fingerprint density at radius 3 is 2.64 bits per heavy atom. The number of hydrogen-bond acceptors (Lipinski definition) is 5. The number of rotatable bonds is 5. The molecule has 1 atom stereocenters. The predicted octanol–water partition coefficient (Wildman–Crippen LogP) is 3.98. The zero-order valence-corrected chi connectivity index (χ0v) is 18.7. The Hall–Kier alpha value is -3.61. The average Bonchev–Trinajstić information content (AvgIpc) is 3.54. The summed E-state index contributed by atoms with van der Waals surface area (Å²) in [6.45, 7) is 3.97. The second-order valence-electron chi connectivity index (χ2n) is 8.55. The van der Waals surface area contributed by atoms with Gasteiger partial charge in [0.05, 0.1) is 6.04 Å². The molecule has 7 nitrogen and oxygen atoms in total. The van der Waals surface area contributed by atoms with E-state index in [0.29, 0.717) is 23.9 Å². The van der Waals surface area contributed by atoms with E-state index in [0.717, 1.165) is 43.5 Å². The molecule has 1 fully saturated rings. The molecular weight excluding hydrogens is 418 g/mol. The summed E-state index contributed by atoms with van der Waals surface area (Å²) in [5.41, 5.74) is 3.67. The first kappa shape index (κ1) is 21.2. The first-order valence-corrected chi connectivity index (χ1v) is 11.4. The van der Waals surface area contributed by atoms with Crippen LogP contribution in [0.3, 0.4) is 0 Å². The number of oxazole rings is 1. The standard InChI is InChI=1S/C26H27N3O4/c1-18(30)29-14-11-19-9-10-21(15-22(19)25(29)20-7-3-2-4-8-20)32-17-24-27-23(16-33-24)26(31)28-12-5-6-13-28/h2-4,7-10,15-16,25H,5-6,11-14,17H2,1H3. The van der Waals surface area contributed by atoms with Gasteiger partial charge in [-0.15, -0.1) is 0 Å². The van der Waals surface area contributed by atoms with Crippen molar-refractivity contribution in [3.63, 3.8) is 0 Å². The van der Waals surface area contributed by atoms with Crippen LogP contribution in [0.25, 0.3) is 0 Å². The van der Waals surface area contributed by atoms with Gasteiger partial charge in [0, 0.05) is 26.6 Å². The van der Waals surface area contributed by atoms with E-state index in [-0.39, 0.29) is 24.5 Å². The largest absolute Gasteiger partial charge is 0.484 e. The maximum absolute atomic E-state index is 12.5. The average molecular weight is 446 g/mol. The van der Waals surface area contributed by atoms with E-state index in [4.69, 9.17) is 9.15 Å². The molecule has 33 heavy (non-hydrogen) atoms. The van der Waals surface area contributed by atoms with Gasteiger partial charge in [0.25, 0.3) is 5.91 Å². The molecule has 5 rings (SSSR count). The molecule has 0 saturated carbocycles. The number of aromatic nitrogens is 1. The van der Waals surface area contributed by atoms with Crippen LogP contribution < -0.4 is 4.74 Å². The summed E-state index contributed by atoms with van der Waals surface area (Å²) in [6, 6.07) is 15.9. The number of ether oxygens (including phenoxy) is 1. The Labute approximate surface area is 193 Å². The van der Waals surface area contributed by atoms with Gasteiger partial charge in [0.1, 0.15) is 12.0 Å². The highest BCUT2D eigenvalue weighted by Crippen LogP contribution is 2.37. The minimum Gasteiger partial charge on any atom is -0.484 e. The normalized spacial score (nSPS) is 17.7. The molecule has 2 aromatic carbocycles. The third-order valence-corrected chi connectivity index (χ3v) is 6.39. The molecule has 170 valence electrons. The van der Waals surface area contributed by atoms with Crippen molar-refractivity contribution in [2.75, 3.05) is 19.6 Å². The lowest BCUT2D eigenvalue weighted by Crippen LogP contribution is -2.39. The van der Waals surface area contributed by atoms with Crippen molar-refractivity contribution in [1.82, 2.24) is 14.8 Å². The van der Waals surface area contributed by atoms with Crippen molar-refractivity contribution in [2.45, 2.75) is 38.8 Å². The minimum absolute atomic E-state index is 0.0517. The third-order valence-electron chi connectivity index (χ3n) is 6.39. The molecule has 0 radical (unpaired) electrons. The van der Waals surface area contributed by atoms with Gasteiger partial charge in [-0.1, -0.05) is 36.4 Å². The molecule has 0 bridgehead atoms. The van der Waals surface area contributed by atoms with Gasteiger partial charge in [0.15, 0.2) is 12.3 Å². The Kier molecular flexibility index (Phi) is 5.86. The van der Waals surface area contributed by atoms with E-state index in [2.05, 4.69) is 23.2 Å². The summed E-state index contributed by atoms with van der Waals surface area (Å²) in [5.74, 6) is 0.994. The van der Waals surface area contributed by atoms with Crippen LogP contribution in [0.5, 0.6) is 5.75 Å². The van der Waals surface area contributed by atoms with Gasteiger partial charge in [0.2, 0.25) is 11.8 Å². The van der Waals surface area contributed by atoms with Crippen LogP contribution in [0.4, 0.5) is 0 Å². The summed E-state index contributed by atoms with van der Waals surface area (Å²) in [4.78, 5) is 32.9. The Balaban J connectivity index is 1.34. The number of amides is 2. The van der Waals surface area contributed by atoms with Crippen LogP contribution in [0.1, 0.15) is 58.9 Å². The fraction of sp³-hybridized carbons (Fsp3) is 0.346. The fourth-order valence-electron chi connectivity index (χ4n) is 4.72. The SMILES string of the molecule is CC(=O)N1CCc2ccc(OCc3nc(C(=O)N4CCCC4)co3)cc2C1c1ccccc1. The minimum atomic E-state index is -0.151. The summed E-state index contributed by atoms with van der Waals surface area (Å²) < 4.78 is 11.5. The monoisotopic (exact) mass is 445 g/mol. The first-order valence-electron chi connectivity index (χ1n) is 11.4. The summed E-state index contributed by atoms with van der Waals surface area (Å²) in [5, 5.41) is 0. The van der Waals surface area contributed by atoms with Crippen LogP contribution in [-0.4, -0.2) is 46.2 Å². The van der Waals surface area contributed by atoms with Crippen molar-refractivity contribution in [1.29, 1.82) is 0 Å². The Bertz CT molecular complexity index is 1150. The fourth-order valence-corrected chi connectivity index (χ4v) is 4.72. The molecule has 7 heteroatoms. The predicted molar refractivity (Wildman–Crippen MR) is 122 cm³/mol. The third kappa shape index (κ3) is 4.35. The van der Waals surface area contributed by atoms with Crippen molar-refractivity contribution in [2.24, 2.45) is 0 Å². The lowest BCUT2D eigenvalue weighted by Gasteiger charge is -2.37. The lowest BCUT2D eigenvalue weighted by atomic mass is 9.88. The summed E-state index contributed by atoms with van der Waals surface area (Å²) in [6.07, 6.45) is 4.27. The number of nitrogens with zero attached hydrogens (tertiary/aromatic N) is 3. The van der Waals surface area contributed by atoms with Crippen LogP contribution in [0, 0.1) is 0 Å². The van der Waals surface area contributed by atoms with E-state index in [1.807, 2.05) is 35.2 Å². The number of benzene rings is 2. The number of carbonyl (C=O) groups excluding carboxylic acids is 2. The molecule has 0 aliphatic carbocycles. The number of carbonyl (C=O) groups is 2. The van der Waals surface area contributed by atoms with Gasteiger partial charge in [-0.05, 0) is 48.1 Å². The molecule has 1 unspecified atom stereocenters. The Morgan fingerprint density at radius 2 is 1.88 bits per heavy atom. The molecule has 0 N–H and O–H groups in total. The van der Waals surface area contributed by atoms with Crippen molar-refractivity contribution in [3.8, 4) is 5.75 Å². The number of likely N-dealkylation sites (tertiary alicyclic amines) is 1. The van der Waals surface area contributed by atoms with Crippen molar-refractivity contribution < 1.29 is 18.7 Å². The molecule has 3 aromatic rings. The summed E-state index contributed by atoms with van der Waals surface area (Å²) >= 11 is 0. The van der Waals surface area contributed by atoms with Gasteiger partial charge in [-0.3, -0.25) is 9.59 Å². The van der Waals surface area contributed by atoms with E-state index < -0.39 is 0 Å². The van der Waals surface area contributed by atoms with Gasteiger partial charge >= 0.3 is 0 Å². The second kappa shape index (κ2) is 9.10. The molecule has 0 spiro atoms. The van der Waals surface area contributed by atoms with Crippen LogP contribution in [-0.2, 0) is 17.8 Å². The first-order chi connectivity index (χ1) is 16.1. The second-order valence-corrected chi connectivity index (χ2v) is 8.55. The van der Waals surface area contributed by atoms with Crippen molar-refractivity contribution >= 4 is 11.8 Å². The zero-order chi connectivity index (χ0) is 22.8. The smallest absolute Gasteiger partial charge is 0.275 e. The Morgan fingerprint density at radius 1 is 1.09 bits per heavy atom.